The number of hydrogen-bond acceptors (Lipinski definition) is 6. The Morgan fingerprint density at radius 1 is 0.957 bits per heavy atom. The average molecular weight is 641 g/mol. The van der Waals surface area contributed by atoms with E-state index in [0.29, 0.717) is 25.7 Å². The maximum atomic E-state index is 15.4. The van der Waals surface area contributed by atoms with Crippen LogP contribution in [-0.4, -0.2) is 34.7 Å². The number of Topliss-reactive ketones (excluding diaryl/α,β-unsaturated/α-hetero) is 3. The minimum Gasteiger partial charge on any atom is -0.504 e. The van der Waals surface area contributed by atoms with Crippen molar-refractivity contribution < 1.29 is 29.0 Å². The molecule has 1 aromatic rings. The Morgan fingerprint density at radius 3 is 2.09 bits per heavy atom. The highest BCUT2D eigenvalue weighted by Gasteiger charge is 2.74. The standard InChI is InChI=1S/C41H52O6/c1-12-21-46-32-18-15-28(22-31(32)42)34(43)33-35(44)41(20-19-27(6)7)37(45)40(23-29(38(41,8)9)16-13-25(2)3)24-30(17-14-26(4)5)39(10,11)47-36(33)40/h1,13-15,18-19,22,29-30,42H,16-17,20-21,23-24H2,2-11H3/t29-,30+,40+,41+/m1/s1. The Labute approximate surface area is 281 Å². The highest BCUT2D eigenvalue weighted by atomic mass is 16.5. The van der Waals surface area contributed by atoms with E-state index in [2.05, 4.69) is 45.8 Å². The summed E-state index contributed by atoms with van der Waals surface area (Å²) in [5.41, 5.74) is -0.793. The van der Waals surface area contributed by atoms with Crippen LogP contribution in [0.1, 0.15) is 112 Å². The second-order valence-electron chi connectivity index (χ2n) is 15.6. The number of terminal acetylenes is 1. The largest absolute Gasteiger partial charge is 0.504 e. The molecule has 1 saturated heterocycles. The van der Waals surface area contributed by atoms with E-state index in [1.165, 1.54) is 29.3 Å². The van der Waals surface area contributed by atoms with Gasteiger partial charge in [0.25, 0.3) is 0 Å². The van der Waals surface area contributed by atoms with Crippen LogP contribution in [0.3, 0.4) is 0 Å². The zero-order chi connectivity index (χ0) is 35.1. The first-order valence-electron chi connectivity index (χ1n) is 16.7. The summed E-state index contributed by atoms with van der Waals surface area (Å²) in [5.74, 6) is 1.19. The summed E-state index contributed by atoms with van der Waals surface area (Å²) in [6, 6.07) is 4.29. The van der Waals surface area contributed by atoms with E-state index in [1.54, 1.807) is 0 Å². The number of carbonyl (C=O) groups is 3. The monoisotopic (exact) mass is 640 g/mol. The number of aromatic hydroxyl groups is 1. The number of fused-ring (bicyclic) bond motifs is 1. The molecule has 1 spiro atoms. The molecule has 0 aromatic heterocycles. The molecule has 1 aliphatic heterocycles. The fourth-order valence-electron chi connectivity index (χ4n) is 7.95. The molecule has 0 radical (unpaired) electrons. The zero-order valence-electron chi connectivity index (χ0n) is 29.9. The Bertz CT molecular complexity index is 1620. The number of allylic oxidation sites excluding steroid dienone is 8. The lowest BCUT2D eigenvalue weighted by molar-refractivity contribution is -0.188. The van der Waals surface area contributed by atoms with Crippen molar-refractivity contribution >= 4 is 17.3 Å². The molecule has 1 aromatic carbocycles. The number of hydrogen-bond donors (Lipinski definition) is 1. The Hall–Kier alpha value is -3.85. The number of ketones is 3. The summed E-state index contributed by atoms with van der Waals surface area (Å²) in [5, 5.41) is 10.8. The van der Waals surface area contributed by atoms with Crippen LogP contribution in [0.25, 0.3) is 0 Å². The van der Waals surface area contributed by atoms with E-state index in [0.717, 1.165) is 5.57 Å². The van der Waals surface area contributed by atoms with Crippen molar-refractivity contribution in [2.45, 2.75) is 107 Å². The van der Waals surface area contributed by atoms with Crippen molar-refractivity contribution in [2.75, 3.05) is 6.61 Å². The predicted molar refractivity (Wildman–Crippen MR) is 186 cm³/mol. The lowest BCUT2D eigenvalue weighted by Crippen LogP contribution is -2.69. The van der Waals surface area contributed by atoms with Crippen molar-refractivity contribution in [1.29, 1.82) is 0 Å². The van der Waals surface area contributed by atoms with E-state index in [4.69, 9.17) is 15.9 Å². The predicted octanol–water partition coefficient (Wildman–Crippen LogP) is 8.90. The molecule has 4 rings (SSSR count). The van der Waals surface area contributed by atoms with Crippen LogP contribution in [0.15, 0.2) is 64.5 Å². The zero-order valence-corrected chi connectivity index (χ0v) is 29.9. The minimum absolute atomic E-state index is 0.0261. The first-order chi connectivity index (χ1) is 21.9. The maximum Gasteiger partial charge on any atom is 0.200 e. The molecule has 3 aliphatic rings. The fourth-order valence-corrected chi connectivity index (χ4v) is 7.95. The third kappa shape index (κ3) is 6.15. The lowest BCUT2D eigenvalue weighted by Gasteiger charge is -2.64. The summed E-state index contributed by atoms with van der Waals surface area (Å²) in [4.78, 5) is 45.4. The van der Waals surface area contributed by atoms with Gasteiger partial charge in [-0.25, -0.2) is 0 Å². The van der Waals surface area contributed by atoms with Gasteiger partial charge in [0.1, 0.15) is 29.0 Å². The summed E-state index contributed by atoms with van der Waals surface area (Å²) in [6.07, 6.45) is 14.2. The van der Waals surface area contributed by atoms with Crippen LogP contribution in [0, 0.1) is 40.4 Å². The van der Waals surface area contributed by atoms with Gasteiger partial charge in [0, 0.05) is 11.5 Å². The van der Waals surface area contributed by atoms with Crippen LogP contribution in [0.2, 0.25) is 0 Å². The normalized spacial score (nSPS) is 27.1. The summed E-state index contributed by atoms with van der Waals surface area (Å²) in [6.45, 7) is 20.1. The number of benzene rings is 1. The van der Waals surface area contributed by atoms with Crippen molar-refractivity contribution in [3.63, 3.8) is 0 Å². The molecule has 6 heteroatoms. The van der Waals surface area contributed by atoms with Gasteiger partial charge in [-0.15, -0.1) is 6.42 Å². The van der Waals surface area contributed by atoms with Crippen molar-refractivity contribution in [2.24, 2.45) is 28.1 Å². The van der Waals surface area contributed by atoms with Crippen LogP contribution >= 0.6 is 0 Å². The van der Waals surface area contributed by atoms with Crippen LogP contribution < -0.4 is 4.74 Å². The van der Waals surface area contributed by atoms with Crippen LogP contribution in [0.5, 0.6) is 11.5 Å². The average Bonchev–Trinajstić information content (AvgIpc) is 2.97. The quantitative estimate of drug-likeness (QED) is 0.0903. The molecule has 1 heterocycles. The van der Waals surface area contributed by atoms with Gasteiger partial charge in [0.05, 0.1) is 5.41 Å². The number of phenolic OH excluding ortho intramolecular Hbond substituents is 1. The SMILES string of the molecule is C#CCOc1ccc(C(=O)C2=C3OC(C)(C)[C@@H](CC=C(C)C)C[C@@]34C[C@@H](CC=C(C)C)C(C)(C)[C@@](CC=C(C)C)(C2=O)C4=O)cc1O. The highest BCUT2D eigenvalue weighted by Crippen LogP contribution is 2.69. The van der Waals surface area contributed by atoms with E-state index in [1.807, 2.05) is 47.6 Å². The van der Waals surface area contributed by atoms with Gasteiger partial charge in [-0.05, 0) is 117 Å². The van der Waals surface area contributed by atoms with E-state index < -0.39 is 33.4 Å². The van der Waals surface area contributed by atoms with Gasteiger partial charge < -0.3 is 14.6 Å². The fraction of sp³-hybridized carbons (Fsp3) is 0.537. The molecule has 252 valence electrons. The number of phenols is 1. The summed E-state index contributed by atoms with van der Waals surface area (Å²) >= 11 is 0. The molecule has 47 heavy (non-hydrogen) atoms. The molecule has 6 nitrogen and oxygen atoms in total. The minimum atomic E-state index is -1.49. The van der Waals surface area contributed by atoms with Crippen LogP contribution in [0.4, 0.5) is 0 Å². The summed E-state index contributed by atoms with van der Waals surface area (Å²) in [7, 11) is 0. The van der Waals surface area contributed by atoms with Crippen molar-refractivity contribution in [3.05, 3.63) is 70.0 Å². The smallest absolute Gasteiger partial charge is 0.200 e. The van der Waals surface area contributed by atoms with Crippen LogP contribution in [-0.2, 0) is 14.3 Å². The molecule has 0 unspecified atom stereocenters. The Morgan fingerprint density at radius 2 is 1.53 bits per heavy atom. The second-order valence-corrected chi connectivity index (χ2v) is 15.6. The van der Waals surface area contributed by atoms with E-state index in [-0.39, 0.29) is 59.0 Å². The van der Waals surface area contributed by atoms with Gasteiger partial charge in [-0.2, -0.15) is 0 Å². The highest BCUT2D eigenvalue weighted by molar-refractivity contribution is 6.35. The van der Waals surface area contributed by atoms with E-state index >= 15 is 9.59 Å². The molecular formula is C41H52O6. The van der Waals surface area contributed by atoms with Gasteiger partial charge >= 0.3 is 0 Å². The third-order valence-corrected chi connectivity index (χ3v) is 11.0. The molecule has 2 aliphatic carbocycles. The molecule has 1 saturated carbocycles. The molecular weight excluding hydrogens is 588 g/mol. The summed E-state index contributed by atoms with van der Waals surface area (Å²) < 4.78 is 12.3. The molecule has 1 N–H and O–H groups in total. The molecule has 2 fully saturated rings. The first-order valence-corrected chi connectivity index (χ1v) is 16.7. The second kappa shape index (κ2) is 13.0. The van der Waals surface area contributed by atoms with Crippen molar-refractivity contribution in [1.82, 2.24) is 0 Å². The third-order valence-electron chi connectivity index (χ3n) is 11.0. The van der Waals surface area contributed by atoms with Gasteiger partial charge in [0.15, 0.2) is 28.8 Å². The van der Waals surface area contributed by atoms with Gasteiger partial charge in [-0.1, -0.05) is 54.7 Å². The number of carbonyl (C=O) groups excluding carboxylic acids is 3. The Balaban J connectivity index is 2.06. The van der Waals surface area contributed by atoms with Gasteiger partial charge in [-0.3, -0.25) is 14.4 Å². The number of rotatable bonds is 10. The number of ether oxygens (including phenoxy) is 2. The van der Waals surface area contributed by atoms with E-state index in [9.17, 15) is 9.90 Å². The molecule has 4 atom stereocenters. The Kier molecular flexibility index (Phi) is 9.94. The topological polar surface area (TPSA) is 89.9 Å². The molecule has 0 amide bonds. The van der Waals surface area contributed by atoms with Gasteiger partial charge in [0.2, 0.25) is 0 Å². The maximum absolute atomic E-state index is 15.4. The first kappa shape index (κ1) is 36.0. The van der Waals surface area contributed by atoms with Crippen molar-refractivity contribution in [3.8, 4) is 23.8 Å². The molecule has 2 bridgehead atoms. The lowest BCUT2D eigenvalue weighted by atomic mass is 9.39.